The number of nitrogens with one attached hydrogen (secondary N) is 3. The van der Waals surface area contributed by atoms with Crippen LogP contribution in [0.15, 0.2) is 122 Å². The van der Waals surface area contributed by atoms with Gasteiger partial charge in [0.1, 0.15) is 17.0 Å². The number of ether oxygens (including phenoxy) is 3. The third-order valence-corrected chi connectivity index (χ3v) is 15.2. The molecule has 2 aromatic heterocycles. The maximum atomic E-state index is 13.6. The molecule has 0 bridgehead atoms. The highest BCUT2D eigenvalue weighted by Crippen LogP contribution is 2.42. The van der Waals surface area contributed by atoms with Gasteiger partial charge in [-0.1, -0.05) is 60.7 Å². The van der Waals surface area contributed by atoms with E-state index >= 15 is 0 Å². The van der Waals surface area contributed by atoms with Crippen LogP contribution in [0.1, 0.15) is 114 Å². The Kier molecular flexibility index (Phi) is 16.9. The first-order valence-electron chi connectivity index (χ1n) is 26.9. The fraction of sp³-hybridized carbons (Fsp3) is 0.393. The highest BCUT2D eigenvalue weighted by atomic mass is 19.4. The maximum Gasteiger partial charge on any atom is 0.416 e. The molecule has 6 heterocycles. The molecule has 4 aliphatic rings. The largest absolute Gasteiger partial charge is 0.444 e. The van der Waals surface area contributed by atoms with Crippen molar-refractivity contribution in [2.75, 3.05) is 62.4 Å². The molecule has 14 nitrogen and oxygen atoms in total. The molecule has 6 aromatic rings. The SMILES string of the molecule is C[C@@H](NC(=O)c1cc(N2CCC3(COC3)C2)ccn1)c1ccc(-c2cc(C(F)(F)F)ccc2CN)cc1.C[C@@H](NC(=O)c1cc(N2CCC3(COC3)C2)ccn1)c1ccc(-c2cc(C(F)(F)F)ccc2CNC(=O)OC(C)(C)C)cc1. The summed E-state index contributed by atoms with van der Waals surface area (Å²) in [5, 5.41) is 8.56. The highest BCUT2D eigenvalue weighted by molar-refractivity contribution is 5.94. The monoisotopic (exact) mass is 1120 g/mol. The minimum Gasteiger partial charge on any atom is -0.444 e. The second-order valence-electron chi connectivity index (χ2n) is 22.6. The summed E-state index contributed by atoms with van der Waals surface area (Å²) in [7, 11) is 0. The summed E-state index contributed by atoms with van der Waals surface area (Å²) in [6.45, 7) is 15.7. The Labute approximate surface area is 466 Å². The van der Waals surface area contributed by atoms with Crippen molar-refractivity contribution < 1.29 is 54.9 Å². The van der Waals surface area contributed by atoms with Crippen molar-refractivity contribution in [1.29, 1.82) is 0 Å². The summed E-state index contributed by atoms with van der Waals surface area (Å²) in [6, 6.07) is 27.8. The Hall–Kier alpha value is -7.55. The lowest BCUT2D eigenvalue weighted by Crippen LogP contribution is -2.44. The number of anilines is 2. The maximum absolute atomic E-state index is 13.6. The molecular formula is C61H66F6N8O6. The zero-order valence-electron chi connectivity index (χ0n) is 45.8. The fourth-order valence-electron chi connectivity index (χ4n) is 10.5. The lowest BCUT2D eigenvalue weighted by molar-refractivity contribution is -0.138. The Morgan fingerprint density at radius 1 is 0.617 bits per heavy atom. The van der Waals surface area contributed by atoms with E-state index in [0.717, 1.165) is 112 Å². The molecule has 4 fully saturated rings. The van der Waals surface area contributed by atoms with Gasteiger partial charge in [0.25, 0.3) is 11.8 Å². The first kappa shape index (κ1) is 58.1. The smallest absolute Gasteiger partial charge is 0.416 e. The van der Waals surface area contributed by atoms with Gasteiger partial charge in [0.15, 0.2) is 0 Å². The van der Waals surface area contributed by atoms with Gasteiger partial charge in [0.2, 0.25) is 0 Å². The second-order valence-corrected chi connectivity index (χ2v) is 22.6. The Morgan fingerprint density at radius 3 is 1.41 bits per heavy atom. The third kappa shape index (κ3) is 14.0. The average Bonchev–Trinajstić information content (AvgIpc) is 4.33. The molecule has 5 N–H and O–H groups in total. The van der Waals surface area contributed by atoms with Gasteiger partial charge in [0, 0.05) is 73.9 Å². The molecule has 2 atom stereocenters. The number of nitrogens with two attached hydrogens (primary N) is 1. The molecule has 81 heavy (non-hydrogen) atoms. The Bertz CT molecular complexity index is 3230. The Morgan fingerprint density at radius 2 is 1.04 bits per heavy atom. The molecule has 4 aromatic carbocycles. The zero-order valence-corrected chi connectivity index (χ0v) is 45.8. The van der Waals surface area contributed by atoms with Crippen LogP contribution in [-0.4, -0.2) is 86.1 Å². The first-order valence-corrected chi connectivity index (χ1v) is 26.9. The number of carbonyl (C=O) groups is 3. The van der Waals surface area contributed by atoms with Crippen LogP contribution in [0, 0.1) is 10.8 Å². The third-order valence-electron chi connectivity index (χ3n) is 15.2. The quantitative estimate of drug-likeness (QED) is 0.0811. The van der Waals surface area contributed by atoms with Crippen LogP contribution in [0.3, 0.4) is 0 Å². The van der Waals surface area contributed by atoms with E-state index in [1.807, 2.05) is 32.0 Å². The zero-order chi connectivity index (χ0) is 57.9. The van der Waals surface area contributed by atoms with Gasteiger partial charge in [-0.25, -0.2) is 4.79 Å². The molecule has 3 amide bonds. The number of nitrogens with zero attached hydrogens (tertiary/aromatic N) is 4. The van der Waals surface area contributed by atoms with E-state index in [-0.39, 0.29) is 47.8 Å². The van der Waals surface area contributed by atoms with E-state index < -0.39 is 35.2 Å². The molecule has 2 spiro atoms. The lowest BCUT2D eigenvalue weighted by atomic mass is 9.85. The summed E-state index contributed by atoms with van der Waals surface area (Å²) < 4.78 is 96.5. The standard InChI is InChI=1S/C33H37F3N4O4.C28H29F3N4O2/c1-21(39-29(41)28-16-26(11-13-37-28)40-14-12-32(18-40)19-43-20-32)22-5-7-23(8-6-22)27-15-25(33(34,35)36)10-9-24(27)17-38-30(42)44-31(2,3)4;1-18(19-2-4-20(5-3-19)24-12-22(28(29,30)31)7-6-21(24)14-32)34-26(36)25-13-23(8-10-33-25)35-11-9-27(15-35)16-37-17-27/h5-11,13,15-16,21H,12,14,17-20H2,1-4H3,(H,38,42)(H,39,41);2-8,10,12-13,18H,9,11,14-17,32H2,1H3,(H,34,36)/t21-;18-/m11/s1. The Balaban J connectivity index is 0.000000198. The van der Waals surface area contributed by atoms with E-state index in [1.54, 1.807) is 87.8 Å². The van der Waals surface area contributed by atoms with E-state index in [2.05, 4.69) is 35.7 Å². The van der Waals surface area contributed by atoms with Gasteiger partial charge >= 0.3 is 18.4 Å². The van der Waals surface area contributed by atoms with E-state index in [4.69, 9.17) is 19.9 Å². The molecule has 428 valence electrons. The minimum atomic E-state index is -4.53. The van der Waals surface area contributed by atoms with Crippen LogP contribution in [-0.2, 0) is 39.7 Å². The van der Waals surface area contributed by atoms with Crippen molar-refractivity contribution in [3.63, 3.8) is 0 Å². The van der Waals surface area contributed by atoms with Gasteiger partial charge < -0.3 is 45.7 Å². The number of alkyl halides is 6. The number of pyridine rings is 2. The topological polar surface area (TPSA) is 173 Å². The second kappa shape index (κ2) is 23.5. The average molecular weight is 1120 g/mol. The van der Waals surface area contributed by atoms with Gasteiger partial charge in [0.05, 0.1) is 49.6 Å². The summed E-state index contributed by atoms with van der Waals surface area (Å²) in [5.74, 6) is -0.611. The van der Waals surface area contributed by atoms with Crippen molar-refractivity contribution in [2.45, 2.75) is 90.6 Å². The number of benzene rings is 4. The van der Waals surface area contributed by atoms with Gasteiger partial charge in [-0.2, -0.15) is 26.3 Å². The van der Waals surface area contributed by atoms with E-state index in [0.29, 0.717) is 44.8 Å². The summed E-state index contributed by atoms with van der Waals surface area (Å²) in [4.78, 5) is 51.3. The van der Waals surface area contributed by atoms with Crippen molar-refractivity contribution in [3.05, 3.63) is 166 Å². The van der Waals surface area contributed by atoms with Crippen molar-refractivity contribution in [3.8, 4) is 22.3 Å². The number of aromatic nitrogens is 2. The molecule has 4 saturated heterocycles. The number of carbonyl (C=O) groups excluding carboxylic acids is 3. The molecule has 0 aliphatic carbocycles. The van der Waals surface area contributed by atoms with Crippen molar-refractivity contribution >= 4 is 29.3 Å². The summed E-state index contributed by atoms with van der Waals surface area (Å²) in [6.07, 6.45) is -4.21. The number of amides is 3. The van der Waals surface area contributed by atoms with Crippen LogP contribution < -0.4 is 31.5 Å². The van der Waals surface area contributed by atoms with Crippen LogP contribution >= 0.6 is 0 Å². The van der Waals surface area contributed by atoms with Crippen LogP contribution in [0.4, 0.5) is 42.5 Å². The molecule has 10 rings (SSSR count). The molecular weight excluding hydrogens is 1050 g/mol. The van der Waals surface area contributed by atoms with E-state index in [1.165, 1.54) is 12.1 Å². The predicted molar refractivity (Wildman–Crippen MR) is 295 cm³/mol. The molecule has 0 saturated carbocycles. The summed E-state index contributed by atoms with van der Waals surface area (Å²) >= 11 is 0. The number of rotatable bonds is 13. The molecule has 4 aliphatic heterocycles. The van der Waals surface area contributed by atoms with Crippen molar-refractivity contribution in [1.82, 2.24) is 25.9 Å². The molecule has 0 radical (unpaired) electrons. The first-order chi connectivity index (χ1) is 38.4. The number of hydrogen-bond donors (Lipinski definition) is 4. The van der Waals surface area contributed by atoms with Crippen LogP contribution in [0.2, 0.25) is 0 Å². The van der Waals surface area contributed by atoms with Crippen LogP contribution in [0.25, 0.3) is 22.3 Å². The van der Waals surface area contributed by atoms with E-state index in [9.17, 15) is 40.7 Å². The highest BCUT2D eigenvalue weighted by Gasteiger charge is 2.46. The lowest BCUT2D eigenvalue weighted by Gasteiger charge is -2.37. The normalized spacial score (nSPS) is 17.1. The summed E-state index contributed by atoms with van der Waals surface area (Å²) in [5.41, 5.74) is 11.2. The van der Waals surface area contributed by atoms with Crippen LogP contribution in [0.5, 0.6) is 0 Å². The fourth-order valence-corrected chi connectivity index (χ4v) is 10.5. The number of alkyl carbamates (subject to hydrolysis) is 1. The molecule has 20 heteroatoms. The number of hydrogen-bond acceptors (Lipinski definition) is 11. The molecule has 0 unspecified atom stereocenters. The van der Waals surface area contributed by atoms with Gasteiger partial charge in [-0.15, -0.1) is 0 Å². The van der Waals surface area contributed by atoms with Crippen molar-refractivity contribution in [2.24, 2.45) is 16.6 Å². The predicted octanol–water partition coefficient (Wildman–Crippen LogP) is 11.5. The minimum absolute atomic E-state index is 0.0190. The van der Waals surface area contributed by atoms with Gasteiger partial charge in [-0.05, 0) is 140 Å². The number of halogens is 6. The van der Waals surface area contributed by atoms with Gasteiger partial charge in [-0.3, -0.25) is 19.6 Å².